The molecule has 0 nitrogen and oxygen atoms in total. The molecule has 0 saturated carbocycles. The molecule has 0 radical (unpaired) electrons. The molecule has 0 heterocycles. The molecule has 0 aromatic heterocycles. The van der Waals surface area contributed by atoms with E-state index in [1.165, 1.54) is 12.8 Å². The number of fused-ring (bicyclic) bond motifs is 1. The maximum Gasteiger partial charge on any atom is 0.0357 e. The van der Waals surface area contributed by atoms with Gasteiger partial charge in [0.2, 0.25) is 0 Å². The first-order valence-corrected chi connectivity index (χ1v) is 5.11. The van der Waals surface area contributed by atoms with Crippen molar-refractivity contribution < 1.29 is 0 Å². The maximum atomic E-state index is 2.53. The standard InChI is InChI=1S/C9H11I/c10-9-6-5-7-3-1-2-4-8(7)9/h2,4-9H,1,3H2. The molecule has 0 spiro atoms. The number of rotatable bonds is 0. The molecule has 0 aliphatic heterocycles. The largest absolute Gasteiger partial charge is 0.0882 e. The lowest BCUT2D eigenvalue weighted by molar-refractivity contribution is 0.471. The molecule has 10 heavy (non-hydrogen) atoms. The number of alkyl halides is 1. The molecule has 54 valence electrons. The van der Waals surface area contributed by atoms with E-state index < -0.39 is 0 Å². The van der Waals surface area contributed by atoms with Crippen molar-refractivity contribution in [2.24, 2.45) is 11.8 Å². The Kier molecular flexibility index (Phi) is 1.85. The van der Waals surface area contributed by atoms with Gasteiger partial charge in [-0.3, -0.25) is 0 Å². The summed E-state index contributed by atoms with van der Waals surface area (Å²) in [6, 6.07) is 0. The molecule has 0 N–H and O–H groups in total. The van der Waals surface area contributed by atoms with Crippen molar-refractivity contribution in [3.63, 3.8) is 0 Å². The zero-order valence-corrected chi connectivity index (χ0v) is 7.99. The van der Waals surface area contributed by atoms with Crippen LogP contribution in [0.1, 0.15) is 12.8 Å². The molecule has 2 rings (SSSR count). The smallest absolute Gasteiger partial charge is 0.0357 e. The molecule has 0 saturated heterocycles. The van der Waals surface area contributed by atoms with E-state index in [2.05, 4.69) is 46.9 Å². The average molecular weight is 246 g/mol. The summed E-state index contributed by atoms with van der Waals surface area (Å²) in [6.45, 7) is 0. The van der Waals surface area contributed by atoms with E-state index in [1.807, 2.05) is 0 Å². The van der Waals surface area contributed by atoms with Crippen molar-refractivity contribution in [3.05, 3.63) is 24.3 Å². The third-order valence-electron chi connectivity index (χ3n) is 2.43. The van der Waals surface area contributed by atoms with Crippen LogP contribution < -0.4 is 0 Å². The van der Waals surface area contributed by atoms with Gasteiger partial charge < -0.3 is 0 Å². The van der Waals surface area contributed by atoms with Gasteiger partial charge in [-0.2, -0.15) is 0 Å². The van der Waals surface area contributed by atoms with E-state index in [9.17, 15) is 0 Å². The number of halogens is 1. The van der Waals surface area contributed by atoms with Crippen LogP contribution in [0.3, 0.4) is 0 Å². The van der Waals surface area contributed by atoms with Crippen molar-refractivity contribution in [2.45, 2.75) is 16.8 Å². The highest BCUT2D eigenvalue weighted by Crippen LogP contribution is 2.37. The Hall–Kier alpha value is 0.210. The third kappa shape index (κ3) is 1.04. The highest BCUT2D eigenvalue weighted by Gasteiger charge is 2.28. The van der Waals surface area contributed by atoms with E-state index in [-0.39, 0.29) is 0 Å². The summed E-state index contributed by atoms with van der Waals surface area (Å²) in [7, 11) is 0. The Bertz CT molecular complexity index is 181. The van der Waals surface area contributed by atoms with E-state index in [4.69, 9.17) is 0 Å². The van der Waals surface area contributed by atoms with Crippen molar-refractivity contribution in [1.29, 1.82) is 0 Å². The third-order valence-corrected chi connectivity index (χ3v) is 3.67. The van der Waals surface area contributed by atoms with Gasteiger partial charge in [-0.25, -0.2) is 0 Å². The molecule has 0 fully saturated rings. The zero-order valence-electron chi connectivity index (χ0n) is 5.83. The fourth-order valence-corrected chi connectivity index (χ4v) is 2.83. The minimum atomic E-state index is 0.763. The molecular formula is C9H11I. The molecule has 2 aliphatic carbocycles. The van der Waals surface area contributed by atoms with Gasteiger partial charge in [0, 0.05) is 3.92 Å². The molecule has 0 bridgehead atoms. The Morgan fingerprint density at radius 1 is 1.20 bits per heavy atom. The average Bonchev–Trinajstić information content (AvgIpc) is 2.34. The predicted molar refractivity (Wildman–Crippen MR) is 52.3 cm³/mol. The Morgan fingerprint density at radius 2 is 2.10 bits per heavy atom. The van der Waals surface area contributed by atoms with Crippen LogP contribution in [0.5, 0.6) is 0 Å². The molecular weight excluding hydrogens is 235 g/mol. The first kappa shape index (κ1) is 6.89. The normalized spacial score (nSPS) is 43.9. The fourth-order valence-electron chi connectivity index (χ4n) is 1.82. The summed E-state index contributed by atoms with van der Waals surface area (Å²) < 4.78 is 0.763. The Labute approximate surface area is 75.5 Å². The summed E-state index contributed by atoms with van der Waals surface area (Å²) in [5.41, 5.74) is 0. The van der Waals surface area contributed by atoms with Gasteiger partial charge in [0.1, 0.15) is 0 Å². The van der Waals surface area contributed by atoms with Crippen LogP contribution in [0, 0.1) is 11.8 Å². The lowest BCUT2D eigenvalue weighted by Gasteiger charge is -2.21. The maximum absolute atomic E-state index is 2.53. The second-order valence-corrected chi connectivity index (χ2v) is 4.51. The van der Waals surface area contributed by atoms with Crippen LogP contribution in [0.25, 0.3) is 0 Å². The summed E-state index contributed by atoms with van der Waals surface area (Å²) >= 11 is 2.53. The zero-order chi connectivity index (χ0) is 6.97. The van der Waals surface area contributed by atoms with Crippen LogP contribution in [-0.4, -0.2) is 3.92 Å². The second kappa shape index (κ2) is 2.68. The van der Waals surface area contributed by atoms with Crippen LogP contribution in [-0.2, 0) is 0 Å². The van der Waals surface area contributed by atoms with Gasteiger partial charge in [0.05, 0.1) is 0 Å². The predicted octanol–water partition coefficient (Wildman–Crippen LogP) is 2.94. The van der Waals surface area contributed by atoms with E-state index in [1.54, 1.807) is 0 Å². The van der Waals surface area contributed by atoms with Crippen molar-refractivity contribution in [2.75, 3.05) is 0 Å². The second-order valence-electron chi connectivity index (χ2n) is 3.08. The molecule has 2 aliphatic rings. The monoisotopic (exact) mass is 246 g/mol. The van der Waals surface area contributed by atoms with Crippen LogP contribution in [0.15, 0.2) is 24.3 Å². The van der Waals surface area contributed by atoms with Gasteiger partial charge >= 0.3 is 0 Å². The van der Waals surface area contributed by atoms with Gasteiger partial charge in [0.25, 0.3) is 0 Å². The van der Waals surface area contributed by atoms with E-state index in [0.29, 0.717) is 0 Å². The molecule has 0 amide bonds. The summed E-state index contributed by atoms with van der Waals surface area (Å²) in [5.74, 6) is 1.70. The van der Waals surface area contributed by atoms with Crippen LogP contribution in [0.2, 0.25) is 0 Å². The summed E-state index contributed by atoms with van der Waals surface area (Å²) in [6.07, 6.45) is 12.1. The molecule has 3 unspecified atom stereocenters. The van der Waals surface area contributed by atoms with E-state index in [0.717, 1.165) is 15.8 Å². The van der Waals surface area contributed by atoms with E-state index >= 15 is 0 Å². The van der Waals surface area contributed by atoms with Gasteiger partial charge in [-0.05, 0) is 24.7 Å². The minimum Gasteiger partial charge on any atom is -0.0882 e. The SMILES string of the molecule is IC1C=CC2CCC=CC12. The van der Waals surface area contributed by atoms with Gasteiger partial charge in [-0.15, -0.1) is 0 Å². The highest BCUT2D eigenvalue weighted by atomic mass is 127. The lowest BCUT2D eigenvalue weighted by Crippen LogP contribution is -2.15. The highest BCUT2D eigenvalue weighted by molar-refractivity contribution is 14.1. The first-order chi connectivity index (χ1) is 4.88. The summed E-state index contributed by atoms with van der Waals surface area (Å²) in [5, 5.41) is 0. The Morgan fingerprint density at radius 3 is 2.90 bits per heavy atom. The Balaban J connectivity index is 2.19. The van der Waals surface area contributed by atoms with Gasteiger partial charge in [0.15, 0.2) is 0 Å². The quantitative estimate of drug-likeness (QED) is 0.350. The van der Waals surface area contributed by atoms with Crippen molar-refractivity contribution in [1.82, 2.24) is 0 Å². The van der Waals surface area contributed by atoms with Gasteiger partial charge in [-0.1, -0.05) is 46.9 Å². The lowest BCUT2D eigenvalue weighted by atomic mass is 9.87. The first-order valence-electron chi connectivity index (χ1n) is 3.87. The minimum absolute atomic E-state index is 0.763. The van der Waals surface area contributed by atoms with Crippen molar-refractivity contribution >= 4 is 22.6 Å². The fraction of sp³-hybridized carbons (Fsp3) is 0.556. The summed E-state index contributed by atoms with van der Waals surface area (Å²) in [4.78, 5) is 0. The number of hydrogen-bond donors (Lipinski definition) is 0. The molecule has 3 atom stereocenters. The topological polar surface area (TPSA) is 0 Å². The van der Waals surface area contributed by atoms with Crippen LogP contribution in [0.4, 0.5) is 0 Å². The molecule has 0 aromatic rings. The van der Waals surface area contributed by atoms with Crippen LogP contribution >= 0.6 is 22.6 Å². The molecule has 1 heteroatoms. The number of hydrogen-bond acceptors (Lipinski definition) is 0. The molecule has 0 aromatic carbocycles. The number of allylic oxidation sites excluding steroid dienone is 4. The van der Waals surface area contributed by atoms with Crippen molar-refractivity contribution in [3.8, 4) is 0 Å².